The van der Waals surface area contributed by atoms with Crippen LogP contribution < -0.4 is 5.73 Å². The van der Waals surface area contributed by atoms with Crippen molar-refractivity contribution in [1.82, 2.24) is 4.98 Å². The Morgan fingerprint density at radius 3 is 2.88 bits per heavy atom. The predicted molar refractivity (Wildman–Crippen MR) is 65.0 cm³/mol. The molecule has 16 heavy (non-hydrogen) atoms. The van der Waals surface area contributed by atoms with Crippen LogP contribution in [0.2, 0.25) is 0 Å². The topological polar surface area (TPSA) is 59.1 Å². The van der Waals surface area contributed by atoms with Crippen molar-refractivity contribution in [2.24, 2.45) is 5.73 Å². The van der Waals surface area contributed by atoms with E-state index in [1.165, 1.54) is 0 Å². The fraction of sp³-hybridized carbons (Fsp3) is 0.308. The third-order valence-corrected chi connectivity index (χ3v) is 2.84. The maximum absolute atomic E-state index is 10.2. The second-order valence-corrected chi connectivity index (χ2v) is 4.23. The summed E-state index contributed by atoms with van der Waals surface area (Å²) in [6.45, 7) is 2.23. The molecule has 0 bridgehead atoms. The van der Waals surface area contributed by atoms with Crippen LogP contribution in [-0.4, -0.2) is 16.6 Å². The van der Waals surface area contributed by atoms with Gasteiger partial charge in [0, 0.05) is 17.1 Å². The van der Waals surface area contributed by atoms with Crippen molar-refractivity contribution in [2.75, 3.05) is 6.54 Å². The van der Waals surface area contributed by atoms with Gasteiger partial charge < -0.3 is 10.8 Å². The van der Waals surface area contributed by atoms with E-state index in [9.17, 15) is 5.11 Å². The van der Waals surface area contributed by atoms with Gasteiger partial charge in [-0.15, -0.1) is 0 Å². The van der Waals surface area contributed by atoms with Gasteiger partial charge in [-0.2, -0.15) is 0 Å². The normalized spacial score (nSPS) is 14.9. The van der Waals surface area contributed by atoms with Gasteiger partial charge in [0.2, 0.25) is 0 Å². The van der Waals surface area contributed by atoms with Crippen LogP contribution in [0.1, 0.15) is 18.9 Å². The van der Waals surface area contributed by atoms with Crippen molar-refractivity contribution in [2.45, 2.75) is 18.9 Å². The summed E-state index contributed by atoms with van der Waals surface area (Å²) in [5.41, 5.74) is 6.34. The molecule has 1 unspecified atom stereocenters. The number of pyridine rings is 1. The maximum atomic E-state index is 10.2. The molecule has 0 spiro atoms. The molecule has 0 aliphatic carbocycles. The molecule has 0 saturated carbocycles. The first kappa shape index (κ1) is 11.0. The van der Waals surface area contributed by atoms with Crippen LogP contribution in [-0.2, 0) is 5.60 Å². The molecule has 1 aromatic carbocycles. The van der Waals surface area contributed by atoms with Gasteiger partial charge in [0.1, 0.15) is 0 Å². The number of nitrogens with zero attached hydrogens (tertiary/aromatic N) is 1. The van der Waals surface area contributed by atoms with Gasteiger partial charge in [0.25, 0.3) is 0 Å². The minimum absolute atomic E-state index is 0.458. The molecule has 3 N–H and O–H groups in total. The molecule has 0 aliphatic heterocycles. The van der Waals surface area contributed by atoms with E-state index in [-0.39, 0.29) is 0 Å². The molecule has 2 rings (SSSR count). The van der Waals surface area contributed by atoms with Crippen LogP contribution in [0.3, 0.4) is 0 Å². The van der Waals surface area contributed by atoms with E-state index in [2.05, 4.69) is 4.98 Å². The maximum Gasteiger partial charge on any atom is 0.0895 e. The Hall–Kier alpha value is -1.45. The highest BCUT2D eigenvalue weighted by Gasteiger charge is 2.22. The Kier molecular flexibility index (Phi) is 2.90. The van der Waals surface area contributed by atoms with E-state index in [1.54, 1.807) is 13.1 Å². The van der Waals surface area contributed by atoms with E-state index in [0.29, 0.717) is 13.0 Å². The molecule has 3 heteroatoms. The Morgan fingerprint density at radius 1 is 1.38 bits per heavy atom. The first-order chi connectivity index (χ1) is 7.63. The van der Waals surface area contributed by atoms with Crippen molar-refractivity contribution in [3.8, 4) is 0 Å². The number of aliphatic hydroxyl groups is 1. The van der Waals surface area contributed by atoms with Gasteiger partial charge in [-0.1, -0.05) is 18.2 Å². The summed E-state index contributed by atoms with van der Waals surface area (Å²) in [6.07, 6.45) is 2.25. The van der Waals surface area contributed by atoms with Gasteiger partial charge in [0.05, 0.1) is 11.1 Å². The van der Waals surface area contributed by atoms with Crippen molar-refractivity contribution < 1.29 is 5.11 Å². The van der Waals surface area contributed by atoms with Crippen LogP contribution in [0.15, 0.2) is 36.5 Å². The molecule has 0 amide bonds. The minimum atomic E-state index is -0.897. The molecule has 84 valence electrons. The summed E-state index contributed by atoms with van der Waals surface area (Å²) < 4.78 is 0. The summed E-state index contributed by atoms with van der Waals surface area (Å²) in [5.74, 6) is 0. The number of rotatable bonds is 3. The monoisotopic (exact) mass is 216 g/mol. The van der Waals surface area contributed by atoms with Crippen molar-refractivity contribution in [3.05, 3.63) is 42.1 Å². The van der Waals surface area contributed by atoms with Gasteiger partial charge in [-0.3, -0.25) is 4.98 Å². The molecule has 0 saturated heterocycles. The lowest BCUT2D eigenvalue weighted by Crippen LogP contribution is -2.25. The standard InChI is InChI=1S/C13H16N2O/c1-13(16,6-7-14)11-8-10-4-2-3-5-12(10)15-9-11/h2-5,8-9,16H,6-7,14H2,1H3. The summed E-state index contributed by atoms with van der Waals surface area (Å²) in [7, 11) is 0. The zero-order valence-corrected chi connectivity index (χ0v) is 9.35. The SMILES string of the molecule is CC(O)(CCN)c1cnc2ccccc2c1. The lowest BCUT2D eigenvalue weighted by molar-refractivity contribution is 0.0502. The first-order valence-corrected chi connectivity index (χ1v) is 5.41. The molecular weight excluding hydrogens is 200 g/mol. The zero-order valence-electron chi connectivity index (χ0n) is 9.35. The predicted octanol–water partition coefficient (Wildman–Crippen LogP) is 1.79. The highest BCUT2D eigenvalue weighted by Crippen LogP contribution is 2.25. The second-order valence-electron chi connectivity index (χ2n) is 4.23. The van der Waals surface area contributed by atoms with E-state index < -0.39 is 5.60 Å². The molecule has 1 aromatic heterocycles. The molecule has 0 fully saturated rings. The van der Waals surface area contributed by atoms with Crippen LogP contribution >= 0.6 is 0 Å². The molecule has 3 nitrogen and oxygen atoms in total. The van der Waals surface area contributed by atoms with Gasteiger partial charge in [0.15, 0.2) is 0 Å². The van der Waals surface area contributed by atoms with Crippen molar-refractivity contribution in [1.29, 1.82) is 0 Å². The van der Waals surface area contributed by atoms with Gasteiger partial charge in [-0.05, 0) is 32.0 Å². The van der Waals surface area contributed by atoms with Crippen LogP contribution in [0.4, 0.5) is 0 Å². The van der Waals surface area contributed by atoms with E-state index in [0.717, 1.165) is 16.5 Å². The smallest absolute Gasteiger partial charge is 0.0895 e. The highest BCUT2D eigenvalue weighted by molar-refractivity contribution is 5.78. The largest absolute Gasteiger partial charge is 0.385 e. The lowest BCUT2D eigenvalue weighted by atomic mass is 9.93. The summed E-state index contributed by atoms with van der Waals surface area (Å²) in [5, 5.41) is 11.3. The highest BCUT2D eigenvalue weighted by atomic mass is 16.3. The van der Waals surface area contributed by atoms with E-state index >= 15 is 0 Å². The summed E-state index contributed by atoms with van der Waals surface area (Å²) in [4.78, 5) is 4.33. The van der Waals surface area contributed by atoms with E-state index in [1.807, 2.05) is 30.3 Å². The molecule has 1 atom stereocenters. The zero-order chi connectivity index (χ0) is 11.6. The third kappa shape index (κ3) is 2.05. The number of hydrogen-bond acceptors (Lipinski definition) is 3. The number of benzene rings is 1. The number of aromatic nitrogens is 1. The van der Waals surface area contributed by atoms with Crippen LogP contribution in [0.5, 0.6) is 0 Å². The fourth-order valence-electron chi connectivity index (χ4n) is 1.79. The van der Waals surface area contributed by atoms with Gasteiger partial charge in [-0.25, -0.2) is 0 Å². The first-order valence-electron chi connectivity index (χ1n) is 5.41. The average molecular weight is 216 g/mol. The molecule has 0 radical (unpaired) electrons. The number of nitrogens with two attached hydrogens (primary N) is 1. The number of para-hydroxylation sites is 1. The fourth-order valence-corrected chi connectivity index (χ4v) is 1.79. The lowest BCUT2D eigenvalue weighted by Gasteiger charge is -2.22. The quantitative estimate of drug-likeness (QED) is 0.822. The number of hydrogen-bond donors (Lipinski definition) is 2. The Labute approximate surface area is 94.9 Å². The molecule has 1 heterocycles. The summed E-state index contributed by atoms with van der Waals surface area (Å²) >= 11 is 0. The minimum Gasteiger partial charge on any atom is -0.385 e. The van der Waals surface area contributed by atoms with E-state index in [4.69, 9.17) is 5.73 Å². The van der Waals surface area contributed by atoms with Crippen LogP contribution in [0, 0.1) is 0 Å². The van der Waals surface area contributed by atoms with Gasteiger partial charge >= 0.3 is 0 Å². The van der Waals surface area contributed by atoms with Crippen molar-refractivity contribution >= 4 is 10.9 Å². The molecule has 0 aliphatic rings. The second kappa shape index (κ2) is 4.20. The average Bonchev–Trinajstić information content (AvgIpc) is 2.28. The third-order valence-electron chi connectivity index (χ3n) is 2.84. The Morgan fingerprint density at radius 2 is 2.12 bits per heavy atom. The Bertz CT molecular complexity index is 494. The summed E-state index contributed by atoms with van der Waals surface area (Å²) in [6, 6.07) is 9.83. The molecule has 2 aromatic rings. The number of fused-ring (bicyclic) bond motifs is 1. The van der Waals surface area contributed by atoms with Crippen LogP contribution in [0.25, 0.3) is 10.9 Å². The Balaban J connectivity index is 2.46. The van der Waals surface area contributed by atoms with Crippen molar-refractivity contribution in [3.63, 3.8) is 0 Å². The molecular formula is C13H16N2O.